The maximum atomic E-state index is 12.6. The van der Waals surface area contributed by atoms with Gasteiger partial charge in [-0.05, 0) is 37.3 Å². The van der Waals surface area contributed by atoms with Crippen LogP contribution >= 0.6 is 12.2 Å². The molecule has 0 aliphatic rings. The Kier molecular flexibility index (Phi) is 5.49. The molecule has 0 radical (unpaired) electrons. The van der Waals surface area contributed by atoms with Crippen molar-refractivity contribution < 1.29 is 4.79 Å². The van der Waals surface area contributed by atoms with E-state index in [-0.39, 0.29) is 17.7 Å². The van der Waals surface area contributed by atoms with Gasteiger partial charge in [0, 0.05) is 29.6 Å². The lowest BCUT2D eigenvalue weighted by atomic mass is 9.96. The Morgan fingerprint density at radius 1 is 1.16 bits per heavy atom. The van der Waals surface area contributed by atoms with E-state index in [9.17, 15) is 4.79 Å². The highest BCUT2D eigenvalue weighted by Crippen LogP contribution is 2.24. The molecule has 2 heterocycles. The molecule has 0 bridgehead atoms. The van der Waals surface area contributed by atoms with Gasteiger partial charge in [0.1, 0.15) is 5.82 Å². The number of carbonyl (C=O) groups is 1. The Hall–Kier alpha value is -3.26. The normalized spacial score (nSPS) is 11.7. The van der Waals surface area contributed by atoms with Crippen molar-refractivity contribution in [1.82, 2.24) is 24.7 Å². The third-order valence-corrected chi connectivity index (χ3v) is 5.42. The Labute approximate surface area is 185 Å². The third-order valence-electron chi connectivity index (χ3n) is 5.11. The van der Waals surface area contributed by atoms with Crippen LogP contribution in [0.3, 0.4) is 0 Å². The monoisotopic (exact) mass is 434 g/mol. The van der Waals surface area contributed by atoms with Crippen LogP contribution in [0.1, 0.15) is 38.6 Å². The number of rotatable bonds is 5. The molecule has 4 aromatic rings. The first-order valence-corrected chi connectivity index (χ1v) is 10.6. The summed E-state index contributed by atoms with van der Waals surface area (Å²) in [6, 6.07) is 13.8. The molecule has 1 amide bonds. The average Bonchev–Trinajstić information content (AvgIpc) is 3.30. The lowest BCUT2D eigenvalue weighted by molar-refractivity contribution is -0.116. The second-order valence-corrected chi connectivity index (χ2v) is 9.12. The first-order valence-electron chi connectivity index (χ1n) is 10.2. The van der Waals surface area contributed by atoms with Gasteiger partial charge in [-0.1, -0.05) is 50.6 Å². The second kappa shape index (κ2) is 8.11. The number of nitrogens with one attached hydrogen (secondary N) is 3. The molecule has 8 heteroatoms. The van der Waals surface area contributed by atoms with Gasteiger partial charge >= 0.3 is 0 Å². The first kappa shape index (κ1) is 21.0. The van der Waals surface area contributed by atoms with Crippen LogP contribution in [0.5, 0.6) is 0 Å². The summed E-state index contributed by atoms with van der Waals surface area (Å²) in [5.74, 6) is 1.56. The topological polar surface area (TPSA) is 91.4 Å². The van der Waals surface area contributed by atoms with Gasteiger partial charge in [0.2, 0.25) is 5.91 Å². The van der Waals surface area contributed by atoms with Crippen molar-refractivity contribution in [2.45, 2.75) is 46.1 Å². The van der Waals surface area contributed by atoms with E-state index in [4.69, 9.17) is 12.2 Å². The summed E-state index contributed by atoms with van der Waals surface area (Å²) in [5.41, 5.74) is 4.58. The Morgan fingerprint density at radius 2 is 1.90 bits per heavy atom. The molecule has 0 fully saturated rings. The zero-order chi connectivity index (χ0) is 22.2. The van der Waals surface area contributed by atoms with Crippen molar-refractivity contribution in [2.24, 2.45) is 0 Å². The van der Waals surface area contributed by atoms with Crippen LogP contribution in [0, 0.1) is 11.7 Å². The van der Waals surface area contributed by atoms with E-state index in [0.29, 0.717) is 11.3 Å². The number of nitrogens with zero attached hydrogens (tertiary/aromatic N) is 3. The van der Waals surface area contributed by atoms with Gasteiger partial charge in [-0.15, -0.1) is 0 Å². The van der Waals surface area contributed by atoms with Crippen LogP contribution in [0.4, 0.5) is 5.69 Å². The van der Waals surface area contributed by atoms with Gasteiger partial charge in [0.15, 0.2) is 10.6 Å². The van der Waals surface area contributed by atoms with Gasteiger partial charge in [-0.3, -0.25) is 14.5 Å². The number of hydrogen-bond donors (Lipinski definition) is 3. The predicted octanol–water partition coefficient (Wildman–Crippen LogP) is 5.12. The Balaban J connectivity index is 1.46. The number of aryl methyl sites for hydroxylation is 1. The molecule has 0 spiro atoms. The molecule has 0 atom stereocenters. The van der Waals surface area contributed by atoms with Crippen LogP contribution in [0.25, 0.3) is 22.4 Å². The SMILES string of the molecule is Cc1ccc(-c2n[nH]c(=S)n2CCC(=O)Nc2ccc3nc(C(C)(C)C)[nH]c3c2)cc1. The highest BCUT2D eigenvalue weighted by molar-refractivity contribution is 7.71. The molecule has 0 saturated heterocycles. The lowest BCUT2D eigenvalue weighted by Gasteiger charge is -2.13. The quantitative estimate of drug-likeness (QED) is 0.380. The number of benzene rings is 2. The van der Waals surface area contributed by atoms with Crippen molar-refractivity contribution in [1.29, 1.82) is 0 Å². The number of aromatic amines is 2. The molecule has 160 valence electrons. The summed E-state index contributed by atoms with van der Waals surface area (Å²) in [6.07, 6.45) is 0.279. The molecule has 0 aliphatic carbocycles. The van der Waals surface area contributed by atoms with Gasteiger partial charge < -0.3 is 10.3 Å². The molecule has 0 aliphatic heterocycles. The number of hydrogen-bond acceptors (Lipinski definition) is 4. The van der Waals surface area contributed by atoms with Crippen LogP contribution in [-0.4, -0.2) is 30.6 Å². The molecule has 3 N–H and O–H groups in total. The molecule has 2 aromatic carbocycles. The van der Waals surface area contributed by atoms with E-state index >= 15 is 0 Å². The van der Waals surface area contributed by atoms with E-state index in [1.54, 1.807) is 0 Å². The van der Waals surface area contributed by atoms with Crippen LogP contribution in [-0.2, 0) is 16.8 Å². The predicted molar refractivity (Wildman–Crippen MR) is 126 cm³/mol. The molecular formula is C23H26N6OS. The number of fused-ring (bicyclic) bond motifs is 1. The van der Waals surface area contributed by atoms with Crippen molar-refractivity contribution in [2.75, 3.05) is 5.32 Å². The first-order chi connectivity index (χ1) is 14.7. The summed E-state index contributed by atoms with van der Waals surface area (Å²) in [5, 5.41) is 10.1. The van der Waals surface area contributed by atoms with Gasteiger partial charge in [-0.25, -0.2) is 4.98 Å². The van der Waals surface area contributed by atoms with E-state index in [0.717, 1.165) is 33.9 Å². The summed E-state index contributed by atoms with van der Waals surface area (Å²) >= 11 is 5.37. The summed E-state index contributed by atoms with van der Waals surface area (Å²) < 4.78 is 2.35. The third kappa shape index (κ3) is 4.59. The van der Waals surface area contributed by atoms with Crippen molar-refractivity contribution >= 4 is 34.8 Å². The fraction of sp³-hybridized carbons (Fsp3) is 0.304. The Bertz CT molecular complexity index is 1290. The zero-order valence-corrected chi connectivity index (χ0v) is 18.9. The molecule has 4 rings (SSSR count). The zero-order valence-electron chi connectivity index (χ0n) is 18.1. The summed E-state index contributed by atoms with van der Waals surface area (Å²) in [4.78, 5) is 20.6. The largest absolute Gasteiger partial charge is 0.341 e. The minimum Gasteiger partial charge on any atom is -0.341 e. The number of H-pyrrole nitrogens is 2. The molecule has 31 heavy (non-hydrogen) atoms. The van der Waals surface area contributed by atoms with Crippen molar-refractivity contribution in [3.8, 4) is 11.4 Å². The summed E-state index contributed by atoms with van der Waals surface area (Å²) in [7, 11) is 0. The highest BCUT2D eigenvalue weighted by atomic mass is 32.1. The fourth-order valence-electron chi connectivity index (χ4n) is 3.33. The fourth-order valence-corrected chi connectivity index (χ4v) is 3.55. The van der Waals surface area contributed by atoms with E-state index in [1.165, 1.54) is 5.56 Å². The van der Waals surface area contributed by atoms with Gasteiger partial charge in [0.25, 0.3) is 0 Å². The van der Waals surface area contributed by atoms with Gasteiger partial charge in [-0.2, -0.15) is 5.10 Å². The standard InChI is InChI=1S/C23H26N6OS/c1-14-5-7-15(8-6-14)20-27-28-22(31)29(20)12-11-19(30)24-16-9-10-17-18(13-16)26-21(25-17)23(2,3)4/h5-10,13H,11-12H2,1-4H3,(H,24,30)(H,25,26)(H,28,31). The minimum absolute atomic E-state index is 0.0681. The highest BCUT2D eigenvalue weighted by Gasteiger charge is 2.18. The molecule has 2 aromatic heterocycles. The van der Waals surface area contributed by atoms with Crippen LogP contribution in [0.15, 0.2) is 42.5 Å². The Morgan fingerprint density at radius 3 is 2.61 bits per heavy atom. The number of amides is 1. The van der Waals surface area contributed by atoms with Crippen LogP contribution in [0.2, 0.25) is 0 Å². The second-order valence-electron chi connectivity index (χ2n) is 8.74. The van der Waals surface area contributed by atoms with Crippen molar-refractivity contribution in [3.63, 3.8) is 0 Å². The summed E-state index contributed by atoms with van der Waals surface area (Å²) in [6.45, 7) is 8.80. The van der Waals surface area contributed by atoms with Gasteiger partial charge in [0.05, 0.1) is 11.0 Å². The maximum absolute atomic E-state index is 12.6. The maximum Gasteiger partial charge on any atom is 0.226 e. The average molecular weight is 435 g/mol. The minimum atomic E-state index is -0.0899. The number of aromatic nitrogens is 5. The number of anilines is 1. The molecule has 0 saturated carbocycles. The van der Waals surface area contributed by atoms with Crippen LogP contribution < -0.4 is 5.32 Å². The number of imidazole rings is 1. The molecule has 7 nitrogen and oxygen atoms in total. The molecular weight excluding hydrogens is 408 g/mol. The molecule has 0 unspecified atom stereocenters. The van der Waals surface area contributed by atoms with E-state index in [2.05, 4.69) is 46.3 Å². The van der Waals surface area contributed by atoms with E-state index in [1.807, 2.05) is 54.0 Å². The lowest BCUT2D eigenvalue weighted by Crippen LogP contribution is -2.15. The smallest absolute Gasteiger partial charge is 0.226 e. The van der Waals surface area contributed by atoms with Crippen molar-refractivity contribution in [3.05, 3.63) is 58.6 Å². The number of carbonyl (C=O) groups excluding carboxylic acids is 1. The van der Waals surface area contributed by atoms with E-state index < -0.39 is 0 Å².